The smallest absolute Gasteiger partial charge is 0.278 e. The molecule has 26 heavy (non-hydrogen) atoms. The standard InChI is InChI=1S/C15H17Cl2N5O3S/c16-12-3-1-11(13(17)9-12)2-4-14(23)21-5-7-22(8-6-21)26(24,25)15-18-10-19-20-15/h1,3,9-10H,2,4-8H2,(H,18,19,20). The maximum Gasteiger partial charge on any atom is 0.278 e. The van der Waals surface area contributed by atoms with Crippen LogP contribution < -0.4 is 0 Å². The Morgan fingerprint density at radius 1 is 1.19 bits per heavy atom. The number of carbonyl (C=O) groups is 1. The third-order valence-corrected chi connectivity index (χ3v) is 6.51. The summed E-state index contributed by atoms with van der Waals surface area (Å²) < 4.78 is 26.0. The van der Waals surface area contributed by atoms with Gasteiger partial charge in [0.05, 0.1) is 0 Å². The minimum Gasteiger partial charge on any atom is -0.340 e. The fourth-order valence-corrected chi connectivity index (χ4v) is 4.48. The molecule has 2 heterocycles. The topological polar surface area (TPSA) is 99.3 Å². The maximum atomic E-state index is 12.4. The van der Waals surface area contributed by atoms with Gasteiger partial charge < -0.3 is 4.90 Å². The number of nitrogens with one attached hydrogen (secondary N) is 1. The van der Waals surface area contributed by atoms with E-state index in [1.807, 2.05) is 0 Å². The van der Waals surface area contributed by atoms with Crippen LogP contribution >= 0.6 is 23.2 Å². The van der Waals surface area contributed by atoms with Crippen LogP contribution in [0.2, 0.25) is 10.0 Å². The molecule has 1 aromatic heterocycles. The lowest BCUT2D eigenvalue weighted by Gasteiger charge is -2.33. The zero-order valence-corrected chi connectivity index (χ0v) is 16.1. The molecule has 0 aliphatic carbocycles. The number of benzene rings is 1. The minimum absolute atomic E-state index is 0.0345. The molecule has 0 spiro atoms. The van der Waals surface area contributed by atoms with E-state index in [0.717, 1.165) is 11.9 Å². The number of sulfonamides is 1. The highest BCUT2D eigenvalue weighted by Crippen LogP contribution is 2.22. The Morgan fingerprint density at radius 2 is 1.92 bits per heavy atom. The van der Waals surface area contributed by atoms with Crippen molar-refractivity contribution in [3.63, 3.8) is 0 Å². The van der Waals surface area contributed by atoms with Gasteiger partial charge in [-0.25, -0.2) is 18.5 Å². The van der Waals surface area contributed by atoms with Gasteiger partial charge in [-0.05, 0) is 24.1 Å². The van der Waals surface area contributed by atoms with Crippen LogP contribution in [-0.4, -0.2) is 64.9 Å². The molecule has 11 heteroatoms. The fraction of sp³-hybridized carbons (Fsp3) is 0.400. The molecule has 1 aliphatic heterocycles. The zero-order valence-electron chi connectivity index (χ0n) is 13.7. The predicted molar refractivity (Wildman–Crippen MR) is 96.5 cm³/mol. The molecule has 2 aromatic rings. The first-order valence-corrected chi connectivity index (χ1v) is 10.1. The first-order chi connectivity index (χ1) is 12.4. The second-order valence-electron chi connectivity index (χ2n) is 5.81. The molecule has 1 aliphatic rings. The Labute approximate surface area is 161 Å². The van der Waals surface area contributed by atoms with Gasteiger partial charge in [0.25, 0.3) is 15.2 Å². The van der Waals surface area contributed by atoms with Gasteiger partial charge in [-0.2, -0.15) is 9.40 Å². The molecule has 0 saturated carbocycles. The van der Waals surface area contributed by atoms with Crippen LogP contribution in [0.3, 0.4) is 0 Å². The first-order valence-electron chi connectivity index (χ1n) is 7.95. The van der Waals surface area contributed by atoms with E-state index in [1.54, 1.807) is 23.1 Å². The van der Waals surface area contributed by atoms with Crippen molar-refractivity contribution in [1.29, 1.82) is 0 Å². The van der Waals surface area contributed by atoms with Crippen LogP contribution in [0.15, 0.2) is 29.7 Å². The van der Waals surface area contributed by atoms with Crippen molar-refractivity contribution in [2.75, 3.05) is 26.2 Å². The van der Waals surface area contributed by atoms with E-state index in [2.05, 4.69) is 15.2 Å². The van der Waals surface area contributed by atoms with Crippen molar-refractivity contribution in [1.82, 2.24) is 24.4 Å². The zero-order chi connectivity index (χ0) is 18.7. The van der Waals surface area contributed by atoms with Crippen molar-refractivity contribution in [3.8, 4) is 0 Å². The predicted octanol–water partition coefficient (Wildman–Crippen LogP) is 1.58. The van der Waals surface area contributed by atoms with E-state index >= 15 is 0 Å². The van der Waals surface area contributed by atoms with Crippen molar-refractivity contribution in [2.24, 2.45) is 0 Å². The lowest BCUT2D eigenvalue weighted by Crippen LogP contribution is -2.50. The molecule has 0 unspecified atom stereocenters. The average molecular weight is 418 g/mol. The molecule has 1 amide bonds. The van der Waals surface area contributed by atoms with E-state index < -0.39 is 10.0 Å². The van der Waals surface area contributed by atoms with Gasteiger partial charge in [0, 0.05) is 42.6 Å². The summed E-state index contributed by atoms with van der Waals surface area (Å²) in [5.74, 6) is -0.0345. The number of hydrogen-bond acceptors (Lipinski definition) is 5. The monoisotopic (exact) mass is 417 g/mol. The second kappa shape index (κ2) is 7.91. The minimum atomic E-state index is -3.70. The van der Waals surface area contributed by atoms with Gasteiger partial charge in [-0.3, -0.25) is 4.79 Å². The third kappa shape index (κ3) is 4.17. The van der Waals surface area contributed by atoms with Gasteiger partial charge in [0.2, 0.25) is 5.91 Å². The summed E-state index contributed by atoms with van der Waals surface area (Å²) in [6.07, 6.45) is 1.95. The van der Waals surface area contributed by atoms with Crippen LogP contribution in [0.5, 0.6) is 0 Å². The van der Waals surface area contributed by atoms with Crippen LogP contribution in [-0.2, 0) is 21.2 Å². The summed E-state index contributed by atoms with van der Waals surface area (Å²) in [5, 5.41) is 6.83. The normalized spacial score (nSPS) is 16.0. The van der Waals surface area contributed by atoms with Crippen molar-refractivity contribution < 1.29 is 13.2 Å². The first kappa shape index (κ1) is 19.1. The quantitative estimate of drug-likeness (QED) is 0.795. The second-order valence-corrected chi connectivity index (χ2v) is 8.51. The van der Waals surface area contributed by atoms with Gasteiger partial charge in [0.1, 0.15) is 6.33 Å². The number of aromatic nitrogens is 3. The summed E-state index contributed by atoms with van der Waals surface area (Å²) in [6, 6.07) is 5.19. The number of halogens is 2. The summed E-state index contributed by atoms with van der Waals surface area (Å²) in [6.45, 7) is 1.11. The van der Waals surface area contributed by atoms with Crippen molar-refractivity contribution in [2.45, 2.75) is 18.0 Å². The number of hydrogen-bond donors (Lipinski definition) is 1. The van der Waals surface area contributed by atoms with E-state index in [-0.39, 0.29) is 24.2 Å². The molecule has 1 saturated heterocycles. The summed E-state index contributed by atoms with van der Waals surface area (Å²) >= 11 is 12.0. The lowest BCUT2D eigenvalue weighted by atomic mass is 10.1. The van der Waals surface area contributed by atoms with Gasteiger partial charge in [-0.15, -0.1) is 0 Å². The van der Waals surface area contributed by atoms with Crippen molar-refractivity contribution in [3.05, 3.63) is 40.1 Å². The molecule has 140 valence electrons. The number of piperazine rings is 1. The molecule has 1 aromatic carbocycles. The van der Waals surface area contributed by atoms with Crippen LogP contribution in [0.25, 0.3) is 0 Å². The van der Waals surface area contributed by atoms with E-state index in [1.165, 1.54) is 4.31 Å². The Hall–Kier alpha value is -1.68. The van der Waals surface area contributed by atoms with Crippen LogP contribution in [0.1, 0.15) is 12.0 Å². The number of amides is 1. The number of aryl methyl sites for hydroxylation is 1. The molecule has 8 nitrogen and oxygen atoms in total. The van der Waals surface area contributed by atoms with E-state index in [9.17, 15) is 13.2 Å². The highest BCUT2D eigenvalue weighted by molar-refractivity contribution is 7.88. The molecule has 0 bridgehead atoms. The fourth-order valence-electron chi connectivity index (χ4n) is 2.74. The summed E-state index contributed by atoms with van der Waals surface area (Å²) in [4.78, 5) is 17.8. The highest BCUT2D eigenvalue weighted by Gasteiger charge is 2.31. The molecule has 0 atom stereocenters. The largest absolute Gasteiger partial charge is 0.340 e. The number of nitrogens with zero attached hydrogens (tertiary/aromatic N) is 4. The number of H-pyrrole nitrogens is 1. The third-order valence-electron chi connectivity index (χ3n) is 4.19. The van der Waals surface area contributed by atoms with Gasteiger partial charge in [0.15, 0.2) is 0 Å². The highest BCUT2D eigenvalue weighted by atomic mass is 35.5. The Balaban J connectivity index is 1.54. The van der Waals surface area contributed by atoms with E-state index in [4.69, 9.17) is 23.2 Å². The SMILES string of the molecule is O=C(CCc1ccc(Cl)cc1Cl)N1CCN(S(=O)(=O)c2ncn[nH]2)CC1. The molecule has 1 N–H and O–H groups in total. The summed E-state index contributed by atoms with van der Waals surface area (Å²) in [7, 11) is -3.70. The number of rotatable bonds is 5. The molecular formula is C15H17Cl2N5O3S. The number of carbonyl (C=O) groups excluding carboxylic acids is 1. The Morgan fingerprint density at radius 3 is 2.54 bits per heavy atom. The van der Waals surface area contributed by atoms with Crippen molar-refractivity contribution >= 4 is 39.1 Å². The molecular weight excluding hydrogens is 401 g/mol. The molecule has 1 fully saturated rings. The van der Waals surface area contributed by atoms with Gasteiger partial charge >= 0.3 is 0 Å². The molecule has 0 radical (unpaired) electrons. The lowest BCUT2D eigenvalue weighted by molar-refractivity contribution is -0.132. The summed E-state index contributed by atoms with van der Waals surface area (Å²) in [5.41, 5.74) is 0.857. The van der Waals surface area contributed by atoms with Gasteiger partial charge in [-0.1, -0.05) is 29.3 Å². The average Bonchev–Trinajstić information content (AvgIpc) is 3.16. The Kier molecular flexibility index (Phi) is 5.81. The van der Waals surface area contributed by atoms with Crippen LogP contribution in [0, 0.1) is 0 Å². The Bertz CT molecular complexity index is 881. The van der Waals surface area contributed by atoms with E-state index in [0.29, 0.717) is 36.0 Å². The molecule has 3 rings (SSSR count). The van der Waals surface area contributed by atoms with Crippen LogP contribution in [0.4, 0.5) is 0 Å². The maximum absolute atomic E-state index is 12.4. The number of aromatic amines is 1.